The summed E-state index contributed by atoms with van der Waals surface area (Å²) >= 11 is 0. The number of carbonyl (C=O) groups excluding carboxylic acids is 2. The third-order valence-corrected chi connectivity index (χ3v) is 6.06. The molecule has 2 aromatic carbocycles. The predicted octanol–water partition coefficient (Wildman–Crippen LogP) is 3.99. The van der Waals surface area contributed by atoms with E-state index in [9.17, 15) is 18.0 Å². The number of hydrogen-bond acceptors (Lipinski definition) is 4. The topological polar surface area (TPSA) is 104 Å². The summed E-state index contributed by atoms with van der Waals surface area (Å²) in [6, 6.07) is 10.2. The van der Waals surface area contributed by atoms with E-state index < -0.39 is 10.0 Å². The average molecular weight is 444 g/mol. The maximum Gasteiger partial charge on any atom is 0.255 e. The van der Waals surface area contributed by atoms with Gasteiger partial charge in [0.2, 0.25) is 10.0 Å². The normalized spacial score (nSPS) is 14.7. The minimum atomic E-state index is -3.45. The van der Waals surface area contributed by atoms with E-state index in [0.29, 0.717) is 28.1 Å². The second-order valence-electron chi connectivity index (χ2n) is 8.20. The summed E-state index contributed by atoms with van der Waals surface area (Å²) in [4.78, 5) is 25.3. The molecule has 2 amide bonds. The Kier molecular flexibility index (Phi) is 7.00. The Morgan fingerprint density at radius 2 is 1.48 bits per heavy atom. The van der Waals surface area contributed by atoms with Crippen molar-refractivity contribution in [3.8, 4) is 0 Å². The Bertz CT molecular complexity index is 1090. The van der Waals surface area contributed by atoms with Crippen molar-refractivity contribution < 1.29 is 18.0 Å². The highest BCUT2D eigenvalue weighted by Gasteiger charge is 2.18. The monoisotopic (exact) mass is 443 g/mol. The van der Waals surface area contributed by atoms with E-state index >= 15 is 0 Å². The van der Waals surface area contributed by atoms with Gasteiger partial charge in [-0.15, -0.1) is 0 Å². The van der Waals surface area contributed by atoms with E-state index in [2.05, 4.69) is 15.4 Å². The molecule has 1 saturated carbocycles. The van der Waals surface area contributed by atoms with Gasteiger partial charge in [0.25, 0.3) is 11.8 Å². The molecule has 3 N–H and O–H groups in total. The highest BCUT2D eigenvalue weighted by molar-refractivity contribution is 7.92. The summed E-state index contributed by atoms with van der Waals surface area (Å²) in [5.74, 6) is -0.457. The number of aryl methyl sites for hydroxylation is 2. The Labute approximate surface area is 183 Å². The van der Waals surface area contributed by atoms with Gasteiger partial charge in [-0.05, 0) is 68.1 Å². The number of rotatable bonds is 6. The zero-order valence-electron chi connectivity index (χ0n) is 18.1. The standard InChI is InChI=1S/C23H29N3O4S/c1-15-9-10-18(14-21(15)26-31(3,29)30)23(28)25-20-12-11-17(13-16(20)2)22(27)24-19-7-5-4-6-8-19/h9-14,19,26H,4-8H2,1-3H3,(H,24,27)(H,25,28). The van der Waals surface area contributed by atoms with Gasteiger partial charge in [-0.1, -0.05) is 25.3 Å². The summed E-state index contributed by atoms with van der Waals surface area (Å²) in [6.07, 6.45) is 6.63. The van der Waals surface area contributed by atoms with E-state index in [1.165, 1.54) is 12.5 Å². The molecule has 166 valence electrons. The molecule has 1 aliphatic rings. The molecule has 0 unspecified atom stereocenters. The number of anilines is 2. The van der Waals surface area contributed by atoms with Gasteiger partial charge in [0, 0.05) is 22.9 Å². The Morgan fingerprint density at radius 3 is 2.13 bits per heavy atom. The van der Waals surface area contributed by atoms with Gasteiger partial charge in [0.15, 0.2) is 0 Å². The third-order valence-electron chi connectivity index (χ3n) is 5.47. The first-order valence-corrected chi connectivity index (χ1v) is 12.3. The minimum absolute atomic E-state index is 0.0945. The first kappa shape index (κ1) is 22.8. The van der Waals surface area contributed by atoms with Crippen LogP contribution in [0.3, 0.4) is 0 Å². The molecule has 0 aliphatic heterocycles. The molecule has 31 heavy (non-hydrogen) atoms. The average Bonchev–Trinajstić information content (AvgIpc) is 2.70. The van der Waals surface area contributed by atoms with Crippen LogP contribution in [0.4, 0.5) is 11.4 Å². The maximum atomic E-state index is 12.7. The molecule has 0 atom stereocenters. The molecule has 0 bridgehead atoms. The lowest BCUT2D eigenvalue weighted by molar-refractivity contribution is 0.0927. The Balaban J connectivity index is 1.70. The van der Waals surface area contributed by atoms with Crippen molar-refractivity contribution in [1.82, 2.24) is 5.32 Å². The van der Waals surface area contributed by atoms with Crippen molar-refractivity contribution in [3.05, 3.63) is 58.7 Å². The van der Waals surface area contributed by atoms with E-state index in [0.717, 1.165) is 37.5 Å². The molecule has 1 aliphatic carbocycles. The van der Waals surface area contributed by atoms with E-state index in [1.807, 2.05) is 6.92 Å². The molecule has 0 spiro atoms. The molecular formula is C23H29N3O4S. The van der Waals surface area contributed by atoms with Crippen LogP contribution in [0.25, 0.3) is 0 Å². The van der Waals surface area contributed by atoms with Crippen LogP contribution in [0.1, 0.15) is 63.9 Å². The maximum absolute atomic E-state index is 12.7. The summed E-state index contributed by atoms with van der Waals surface area (Å²) in [5.41, 5.74) is 3.34. The highest BCUT2D eigenvalue weighted by atomic mass is 32.2. The first-order chi connectivity index (χ1) is 14.6. The van der Waals surface area contributed by atoms with E-state index in [4.69, 9.17) is 0 Å². The van der Waals surface area contributed by atoms with Crippen molar-refractivity contribution in [2.75, 3.05) is 16.3 Å². The molecule has 0 heterocycles. The number of sulfonamides is 1. The van der Waals surface area contributed by atoms with Crippen LogP contribution in [0.2, 0.25) is 0 Å². The van der Waals surface area contributed by atoms with Crippen LogP contribution in [-0.2, 0) is 10.0 Å². The second-order valence-corrected chi connectivity index (χ2v) is 9.94. The molecular weight excluding hydrogens is 414 g/mol. The molecule has 7 nitrogen and oxygen atoms in total. The lowest BCUT2D eigenvalue weighted by Gasteiger charge is -2.23. The van der Waals surface area contributed by atoms with Crippen molar-refractivity contribution >= 4 is 33.2 Å². The van der Waals surface area contributed by atoms with Crippen LogP contribution in [-0.4, -0.2) is 32.5 Å². The Hall–Kier alpha value is -2.87. The molecule has 0 aromatic heterocycles. The first-order valence-electron chi connectivity index (χ1n) is 10.4. The van der Waals surface area contributed by atoms with E-state index in [1.54, 1.807) is 37.3 Å². The van der Waals surface area contributed by atoms with Crippen molar-refractivity contribution in [2.24, 2.45) is 0 Å². The van der Waals surface area contributed by atoms with Gasteiger partial charge < -0.3 is 10.6 Å². The largest absolute Gasteiger partial charge is 0.349 e. The minimum Gasteiger partial charge on any atom is -0.349 e. The fraction of sp³-hybridized carbons (Fsp3) is 0.391. The predicted molar refractivity (Wildman–Crippen MR) is 123 cm³/mol. The summed E-state index contributed by atoms with van der Waals surface area (Å²) < 4.78 is 25.5. The smallest absolute Gasteiger partial charge is 0.255 e. The molecule has 2 aromatic rings. The molecule has 0 saturated heterocycles. The third kappa shape index (κ3) is 6.30. The van der Waals surface area contributed by atoms with Gasteiger partial charge >= 0.3 is 0 Å². The van der Waals surface area contributed by atoms with Gasteiger partial charge in [-0.25, -0.2) is 8.42 Å². The summed E-state index contributed by atoms with van der Waals surface area (Å²) in [5, 5.41) is 5.93. The quantitative estimate of drug-likeness (QED) is 0.628. The summed E-state index contributed by atoms with van der Waals surface area (Å²) in [6.45, 7) is 3.59. The van der Waals surface area contributed by atoms with E-state index in [-0.39, 0.29) is 17.9 Å². The van der Waals surface area contributed by atoms with Crippen LogP contribution < -0.4 is 15.4 Å². The molecule has 8 heteroatoms. The van der Waals surface area contributed by atoms with Gasteiger partial charge in [0.1, 0.15) is 0 Å². The fourth-order valence-electron chi connectivity index (χ4n) is 3.73. The molecule has 0 radical (unpaired) electrons. The van der Waals surface area contributed by atoms with Crippen LogP contribution in [0.15, 0.2) is 36.4 Å². The van der Waals surface area contributed by atoms with Gasteiger partial charge in [-0.2, -0.15) is 0 Å². The van der Waals surface area contributed by atoms with Crippen molar-refractivity contribution in [3.63, 3.8) is 0 Å². The lowest BCUT2D eigenvalue weighted by atomic mass is 9.95. The number of nitrogens with one attached hydrogen (secondary N) is 3. The van der Waals surface area contributed by atoms with Crippen molar-refractivity contribution in [1.29, 1.82) is 0 Å². The zero-order chi connectivity index (χ0) is 22.6. The SMILES string of the molecule is Cc1cc(C(=O)NC2CCCCC2)ccc1NC(=O)c1ccc(C)c(NS(C)(=O)=O)c1. The van der Waals surface area contributed by atoms with Crippen molar-refractivity contribution in [2.45, 2.75) is 52.0 Å². The number of hydrogen-bond donors (Lipinski definition) is 3. The second kappa shape index (κ2) is 9.51. The zero-order valence-corrected chi connectivity index (χ0v) is 18.9. The fourth-order valence-corrected chi connectivity index (χ4v) is 4.35. The molecule has 3 rings (SSSR count). The number of amides is 2. The van der Waals surface area contributed by atoms with Crippen LogP contribution in [0.5, 0.6) is 0 Å². The number of carbonyl (C=O) groups is 2. The van der Waals surface area contributed by atoms with Crippen LogP contribution in [0, 0.1) is 13.8 Å². The number of benzene rings is 2. The highest BCUT2D eigenvalue weighted by Crippen LogP contribution is 2.22. The van der Waals surface area contributed by atoms with Gasteiger partial charge in [-0.3, -0.25) is 14.3 Å². The van der Waals surface area contributed by atoms with Crippen LogP contribution >= 0.6 is 0 Å². The Morgan fingerprint density at radius 1 is 0.839 bits per heavy atom. The van der Waals surface area contributed by atoms with Gasteiger partial charge in [0.05, 0.1) is 11.9 Å². The summed E-state index contributed by atoms with van der Waals surface area (Å²) in [7, 11) is -3.45. The molecule has 1 fully saturated rings. The lowest BCUT2D eigenvalue weighted by Crippen LogP contribution is -2.36.